The van der Waals surface area contributed by atoms with Crippen molar-refractivity contribution in [2.75, 3.05) is 13.1 Å². The van der Waals surface area contributed by atoms with Crippen LogP contribution in [0, 0.1) is 11.8 Å². The number of fused-ring (bicyclic) bond motifs is 1. The van der Waals surface area contributed by atoms with Crippen LogP contribution in [0.5, 0.6) is 0 Å². The second kappa shape index (κ2) is 15.6. The SMILES string of the molecule is CC1CCC(C(=O)N2CC[C@H]3CC[C@@H](C(=O)N[C@@H](CCC(N)=O)C(=O)NC(c4ccccc4)c4ccccc4)N3C(=O)[C@@H](N)C2)CC1. The summed E-state index contributed by atoms with van der Waals surface area (Å²) in [4.78, 5) is 69.8. The fourth-order valence-corrected chi connectivity index (χ4v) is 7.34. The van der Waals surface area contributed by atoms with Crippen LogP contribution >= 0.6 is 0 Å². The number of amides is 5. The topological polar surface area (TPSA) is 168 Å². The Morgan fingerprint density at radius 1 is 0.851 bits per heavy atom. The number of hydrogen-bond acceptors (Lipinski definition) is 6. The Bertz CT molecular complexity index is 1370. The molecule has 4 atom stereocenters. The number of primary amides is 1. The van der Waals surface area contributed by atoms with Gasteiger partial charge in [-0.3, -0.25) is 24.0 Å². The zero-order valence-corrected chi connectivity index (χ0v) is 27.2. The third-order valence-corrected chi connectivity index (χ3v) is 10.1. The van der Waals surface area contributed by atoms with E-state index in [1.807, 2.05) is 60.7 Å². The molecule has 3 fully saturated rings. The number of carbonyl (C=O) groups excluding carboxylic acids is 5. The highest BCUT2D eigenvalue weighted by Crippen LogP contribution is 2.32. The van der Waals surface area contributed by atoms with E-state index < -0.39 is 41.9 Å². The van der Waals surface area contributed by atoms with E-state index in [-0.39, 0.29) is 43.2 Å². The summed E-state index contributed by atoms with van der Waals surface area (Å²) in [6, 6.07) is 15.4. The van der Waals surface area contributed by atoms with Crippen molar-refractivity contribution < 1.29 is 24.0 Å². The standard InChI is InChI=1S/C36H48N6O5/c1-23-12-14-26(15-13-23)35(46)41-21-20-27-16-18-30(42(27)36(47)28(37)22-41)34(45)39-29(17-19-31(38)43)33(44)40-32(24-8-4-2-5-9-24)25-10-6-3-7-11-25/h2-11,23,26-30,32H,12-22,37H2,1H3,(H2,38,43)(H,39,45)(H,40,44)/t23?,26?,27-,28+,29+,30+/m1/s1. The molecule has 3 aliphatic rings. The Morgan fingerprint density at radius 3 is 2.06 bits per heavy atom. The molecule has 11 heteroatoms. The molecule has 11 nitrogen and oxygen atoms in total. The summed E-state index contributed by atoms with van der Waals surface area (Å²) in [6.07, 6.45) is 5.22. The van der Waals surface area contributed by atoms with Gasteiger partial charge in [-0.2, -0.15) is 0 Å². The Kier molecular flexibility index (Phi) is 11.3. The van der Waals surface area contributed by atoms with Gasteiger partial charge in [0, 0.05) is 31.5 Å². The molecule has 2 saturated heterocycles. The van der Waals surface area contributed by atoms with Crippen molar-refractivity contribution in [2.24, 2.45) is 23.3 Å². The van der Waals surface area contributed by atoms with Crippen LogP contribution in [0.2, 0.25) is 0 Å². The van der Waals surface area contributed by atoms with E-state index in [4.69, 9.17) is 11.5 Å². The minimum atomic E-state index is -1.06. The zero-order chi connectivity index (χ0) is 33.5. The molecule has 0 aromatic heterocycles. The van der Waals surface area contributed by atoms with Crippen molar-refractivity contribution in [1.82, 2.24) is 20.4 Å². The van der Waals surface area contributed by atoms with Crippen LogP contribution in [0.1, 0.15) is 81.9 Å². The largest absolute Gasteiger partial charge is 0.370 e. The molecule has 0 spiro atoms. The van der Waals surface area contributed by atoms with Gasteiger partial charge in [-0.25, -0.2) is 0 Å². The zero-order valence-electron chi connectivity index (χ0n) is 27.2. The van der Waals surface area contributed by atoms with Crippen LogP contribution in [0.4, 0.5) is 0 Å². The molecule has 5 rings (SSSR count). The first-order valence-corrected chi connectivity index (χ1v) is 17.0. The molecule has 47 heavy (non-hydrogen) atoms. The highest BCUT2D eigenvalue weighted by atomic mass is 16.2. The molecule has 2 aliphatic heterocycles. The number of hydrogen-bond donors (Lipinski definition) is 4. The van der Waals surface area contributed by atoms with Crippen LogP contribution in [0.3, 0.4) is 0 Å². The Hall–Kier alpha value is -4.25. The minimum absolute atomic E-state index is 0.00380. The maximum atomic E-state index is 13.8. The van der Waals surface area contributed by atoms with E-state index in [0.717, 1.165) is 36.8 Å². The van der Waals surface area contributed by atoms with Crippen molar-refractivity contribution in [3.63, 3.8) is 0 Å². The van der Waals surface area contributed by atoms with Gasteiger partial charge < -0.3 is 31.9 Å². The normalized spacial score (nSPS) is 25.3. The average molecular weight is 645 g/mol. The minimum Gasteiger partial charge on any atom is -0.370 e. The van der Waals surface area contributed by atoms with Gasteiger partial charge >= 0.3 is 0 Å². The highest BCUT2D eigenvalue weighted by Gasteiger charge is 2.45. The number of carbonyl (C=O) groups is 5. The van der Waals surface area contributed by atoms with Gasteiger partial charge in [0.15, 0.2) is 0 Å². The molecular formula is C36H48N6O5. The number of nitrogens with zero attached hydrogens (tertiary/aromatic N) is 2. The second-order valence-electron chi connectivity index (χ2n) is 13.5. The predicted octanol–water partition coefficient (Wildman–Crippen LogP) is 2.39. The average Bonchev–Trinajstić information content (AvgIpc) is 3.50. The van der Waals surface area contributed by atoms with Crippen LogP contribution in [0.25, 0.3) is 0 Å². The Labute approximate surface area is 276 Å². The van der Waals surface area contributed by atoms with Gasteiger partial charge in [-0.05, 0) is 68.4 Å². The maximum absolute atomic E-state index is 13.8. The summed E-state index contributed by atoms with van der Waals surface area (Å²) < 4.78 is 0. The lowest BCUT2D eigenvalue weighted by molar-refractivity contribution is -0.146. The van der Waals surface area contributed by atoms with E-state index >= 15 is 0 Å². The van der Waals surface area contributed by atoms with Gasteiger partial charge in [0.1, 0.15) is 18.1 Å². The highest BCUT2D eigenvalue weighted by molar-refractivity contribution is 5.94. The molecule has 2 heterocycles. The summed E-state index contributed by atoms with van der Waals surface area (Å²) >= 11 is 0. The van der Waals surface area contributed by atoms with Crippen LogP contribution in [-0.2, 0) is 24.0 Å². The molecule has 5 amide bonds. The van der Waals surface area contributed by atoms with Gasteiger partial charge in [-0.1, -0.05) is 67.6 Å². The lowest BCUT2D eigenvalue weighted by Crippen LogP contribution is -2.60. The summed E-state index contributed by atoms with van der Waals surface area (Å²) in [7, 11) is 0. The molecule has 252 valence electrons. The number of nitrogens with two attached hydrogens (primary N) is 2. The van der Waals surface area contributed by atoms with E-state index in [0.29, 0.717) is 31.7 Å². The number of rotatable bonds is 10. The molecule has 1 aliphatic carbocycles. The van der Waals surface area contributed by atoms with E-state index in [1.165, 1.54) is 0 Å². The second-order valence-corrected chi connectivity index (χ2v) is 13.5. The summed E-state index contributed by atoms with van der Waals surface area (Å²) in [5, 5.41) is 5.90. The summed E-state index contributed by atoms with van der Waals surface area (Å²) in [5.74, 6) is -1.22. The van der Waals surface area contributed by atoms with Crippen LogP contribution in [-0.4, -0.2) is 76.6 Å². The first-order chi connectivity index (χ1) is 22.6. The quantitative estimate of drug-likeness (QED) is 0.310. The van der Waals surface area contributed by atoms with E-state index in [2.05, 4.69) is 17.6 Å². The molecule has 0 bridgehead atoms. The van der Waals surface area contributed by atoms with E-state index in [9.17, 15) is 24.0 Å². The van der Waals surface area contributed by atoms with Crippen molar-refractivity contribution in [3.8, 4) is 0 Å². The maximum Gasteiger partial charge on any atom is 0.243 e. The molecular weight excluding hydrogens is 596 g/mol. The number of benzene rings is 2. The van der Waals surface area contributed by atoms with Crippen molar-refractivity contribution in [1.29, 1.82) is 0 Å². The van der Waals surface area contributed by atoms with Crippen LogP contribution < -0.4 is 22.1 Å². The smallest absolute Gasteiger partial charge is 0.243 e. The molecule has 6 N–H and O–H groups in total. The predicted molar refractivity (Wildman–Crippen MR) is 177 cm³/mol. The van der Waals surface area contributed by atoms with Crippen LogP contribution in [0.15, 0.2) is 60.7 Å². The molecule has 0 radical (unpaired) electrons. The van der Waals surface area contributed by atoms with Gasteiger partial charge in [0.25, 0.3) is 0 Å². The molecule has 0 unspecified atom stereocenters. The third-order valence-electron chi connectivity index (χ3n) is 10.1. The lowest BCUT2D eigenvalue weighted by Gasteiger charge is -2.39. The van der Waals surface area contributed by atoms with E-state index in [1.54, 1.807) is 9.80 Å². The van der Waals surface area contributed by atoms with Gasteiger partial charge in [0.2, 0.25) is 29.5 Å². The fraction of sp³-hybridized carbons (Fsp3) is 0.528. The van der Waals surface area contributed by atoms with Crippen molar-refractivity contribution in [3.05, 3.63) is 71.8 Å². The number of nitrogens with one attached hydrogen (secondary N) is 2. The lowest BCUT2D eigenvalue weighted by atomic mass is 9.82. The molecule has 2 aromatic rings. The first kappa shape index (κ1) is 34.1. The molecule has 2 aromatic carbocycles. The Balaban J connectivity index is 1.28. The third kappa shape index (κ3) is 8.38. The molecule has 1 saturated carbocycles. The van der Waals surface area contributed by atoms with Gasteiger partial charge in [0.05, 0.1) is 6.04 Å². The van der Waals surface area contributed by atoms with Crippen molar-refractivity contribution >= 4 is 29.5 Å². The first-order valence-electron chi connectivity index (χ1n) is 17.0. The fourth-order valence-electron chi connectivity index (χ4n) is 7.34. The monoisotopic (exact) mass is 644 g/mol. The Morgan fingerprint density at radius 2 is 1.47 bits per heavy atom. The van der Waals surface area contributed by atoms with Gasteiger partial charge in [-0.15, -0.1) is 0 Å². The summed E-state index contributed by atoms with van der Waals surface area (Å²) in [5.41, 5.74) is 13.6. The summed E-state index contributed by atoms with van der Waals surface area (Å²) in [6.45, 7) is 2.81. The van der Waals surface area contributed by atoms with Crippen molar-refractivity contribution in [2.45, 2.75) is 94.9 Å².